The number of rotatable bonds is 11. The molecular weight excluding hydrogens is 422 g/mol. The van der Waals surface area contributed by atoms with E-state index in [2.05, 4.69) is 39.8 Å². The second kappa shape index (κ2) is 12.0. The molecule has 0 aliphatic carbocycles. The third kappa shape index (κ3) is 5.94. The molecule has 0 bridgehead atoms. The number of para-hydroxylation sites is 1. The van der Waals surface area contributed by atoms with E-state index in [0.29, 0.717) is 35.6 Å². The molecule has 5 heteroatoms. The molecule has 1 atom stereocenters. The number of carbonyl (C=O) groups excluding carboxylic acids is 1. The van der Waals surface area contributed by atoms with Crippen molar-refractivity contribution in [2.75, 3.05) is 6.54 Å². The van der Waals surface area contributed by atoms with E-state index in [1.54, 1.807) is 4.57 Å². The second-order valence-corrected chi connectivity index (χ2v) is 9.55. The molecule has 0 aliphatic heterocycles. The lowest BCUT2D eigenvalue weighted by atomic mass is 10.1. The first-order valence-corrected chi connectivity index (χ1v) is 12.8. The second-order valence-electron chi connectivity index (χ2n) is 9.55. The summed E-state index contributed by atoms with van der Waals surface area (Å²) in [6, 6.07) is 15.2. The number of unbranched alkanes of at least 4 members (excludes halogenated alkanes) is 2. The predicted octanol–water partition coefficient (Wildman–Crippen LogP) is 6.46. The first-order valence-electron chi connectivity index (χ1n) is 12.8. The van der Waals surface area contributed by atoms with Crippen LogP contribution < -0.4 is 5.56 Å². The van der Waals surface area contributed by atoms with Gasteiger partial charge in [-0.2, -0.15) is 0 Å². The number of hydrogen-bond donors (Lipinski definition) is 0. The first-order chi connectivity index (χ1) is 16.4. The van der Waals surface area contributed by atoms with Gasteiger partial charge in [-0.15, -0.1) is 0 Å². The molecule has 3 aromatic rings. The largest absolute Gasteiger partial charge is 0.333 e. The van der Waals surface area contributed by atoms with Crippen molar-refractivity contribution in [3.05, 3.63) is 70.3 Å². The maximum Gasteiger partial charge on any atom is 0.266 e. The van der Waals surface area contributed by atoms with Crippen molar-refractivity contribution in [3.63, 3.8) is 0 Å². The van der Waals surface area contributed by atoms with Gasteiger partial charge in [0.25, 0.3) is 5.56 Å². The molecule has 1 amide bonds. The summed E-state index contributed by atoms with van der Waals surface area (Å²) in [5, 5.41) is 0.584. The Morgan fingerprint density at radius 1 is 1.00 bits per heavy atom. The molecule has 3 rings (SSSR count). The van der Waals surface area contributed by atoms with Gasteiger partial charge in [-0.1, -0.05) is 64.8 Å². The number of carbonyl (C=O) groups is 1. The van der Waals surface area contributed by atoms with Gasteiger partial charge in [0.1, 0.15) is 5.82 Å². The standard InChI is InChI=1S/C29H39N3O2/c1-6-8-9-14-27(33)31(20-19-21(3)4)22(5)28-30-26-13-11-10-12-25(26)29(34)32(28)24-17-15-23(7-2)16-18-24/h10-13,15-18,21-22H,6-9,14,19-20H2,1-5H3. The van der Waals surface area contributed by atoms with Crippen molar-refractivity contribution in [2.24, 2.45) is 5.92 Å². The fraction of sp³-hybridized carbons (Fsp3) is 0.483. The molecule has 5 nitrogen and oxygen atoms in total. The van der Waals surface area contributed by atoms with E-state index < -0.39 is 0 Å². The fourth-order valence-electron chi connectivity index (χ4n) is 4.30. The van der Waals surface area contributed by atoms with Gasteiger partial charge in [-0.3, -0.25) is 14.2 Å². The van der Waals surface area contributed by atoms with Crippen LogP contribution in [0.1, 0.15) is 84.2 Å². The van der Waals surface area contributed by atoms with Crippen LogP contribution in [0.3, 0.4) is 0 Å². The number of aryl methyl sites for hydroxylation is 1. The van der Waals surface area contributed by atoms with Crippen LogP contribution >= 0.6 is 0 Å². The van der Waals surface area contributed by atoms with Gasteiger partial charge in [0.15, 0.2) is 0 Å². The summed E-state index contributed by atoms with van der Waals surface area (Å²) in [5.74, 6) is 1.23. The van der Waals surface area contributed by atoms with Gasteiger partial charge in [0.2, 0.25) is 5.91 Å². The maximum atomic E-state index is 13.7. The number of fused-ring (bicyclic) bond motifs is 1. The van der Waals surface area contributed by atoms with E-state index in [9.17, 15) is 9.59 Å². The minimum Gasteiger partial charge on any atom is -0.333 e. The van der Waals surface area contributed by atoms with E-state index in [1.807, 2.05) is 48.2 Å². The fourth-order valence-corrected chi connectivity index (χ4v) is 4.30. The molecule has 0 aliphatic rings. The van der Waals surface area contributed by atoms with Gasteiger partial charge < -0.3 is 4.90 Å². The van der Waals surface area contributed by atoms with Crippen LogP contribution in [0.15, 0.2) is 53.3 Å². The third-order valence-electron chi connectivity index (χ3n) is 6.51. The maximum absolute atomic E-state index is 13.7. The van der Waals surface area contributed by atoms with Crippen molar-refractivity contribution in [1.29, 1.82) is 0 Å². The number of benzene rings is 2. The molecule has 1 aromatic heterocycles. The molecule has 2 aromatic carbocycles. The van der Waals surface area contributed by atoms with E-state index in [0.717, 1.165) is 37.8 Å². The molecule has 0 spiro atoms. The molecule has 0 saturated carbocycles. The summed E-state index contributed by atoms with van der Waals surface area (Å²) in [7, 11) is 0. The quantitative estimate of drug-likeness (QED) is 0.308. The topological polar surface area (TPSA) is 55.2 Å². The highest BCUT2D eigenvalue weighted by Crippen LogP contribution is 2.25. The van der Waals surface area contributed by atoms with Gasteiger partial charge in [0.05, 0.1) is 22.6 Å². The van der Waals surface area contributed by atoms with Crippen LogP contribution in [-0.2, 0) is 11.2 Å². The predicted molar refractivity (Wildman–Crippen MR) is 140 cm³/mol. The zero-order chi connectivity index (χ0) is 24.7. The smallest absolute Gasteiger partial charge is 0.266 e. The Morgan fingerprint density at radius 2 is 1.71 bits per heavy atom. The molecule has 1 unspecified atom stereocenters. The number of amides is 1. The van der Waals surface area contributed by atoms with Crippen LogP contribution in [0.4, 0.5) is 0 Å². The molecule has 0 radical (unpaired) electrons. The Bertz CT molecular complexity index is 1150. The lowest BCUT2D eigenvalue weighted by Crippen LogP contribution is -2.38. The van der Waals surface area contributed by atoms with Gasteiger partial charge in [-0.25, -0.2) is 4.98 Å². The molecule has 0 N–H and O–H groups in total. The van der Waals surface area contributed by atoms with Crippen molar-refractivity contribution in [2.45, 2.75) is 79.2 Å². The van der Waals surface area contributed by atoms with Crippen molar-refractivity contribution >= 4 is 16.8 Å². The Hall–Kier alpha value is -2.95. The van der Waals surface area contributed by atoms with E-state index in [1.165, 1.54) is 5.56 Å². The first kappa shape index (κ1) is 25.7. The summed E-state index contributed by atoms with van der Waals surface area (Å²) < 4.78 is 1.70. The van der Waals surface area contributed by atoms with Crippen LogP contribution in [0.5, 0.6) is 0 Å². The SMILES string of the molecule is CCCCCC(=O)N(CCC(C)C)C(C)c1nc2ccccc2c(=O)n1-c1ccc(CC)cc1. The van der Waals surface area contributed by atoms with Crippen molar-refractivity contribution in [3.8, 4) is 5.69 Å². The molecular formula is C29H39N3O2. The van der Waals surface area contributed by atoms with Gasteiger partial charge in [0, 0.05) is 13.0 Å². The monoisotopic (exact) mass is 461 g/mol. The molecule has 1 heterocycles. The lowest BCUT2D eigenvalue weighted by Gasteiger charge is -2.31. The average molecular weight is 462 g/mol. The van der Waals surface area contributed by atoms with Gasteiger partial charge >= 0.3 is 0 Å². The average Bonchev–Trinajstić information content (AvgIpc) is 2.84. The van der Waals surface area contributed by atoms with Crippen LogP contribution in [0, 0.1) is 5.92 Å². The summed E-state index contributed by atoms with van der Waals surface area (Å²) >= 11 is 0. The number of hydrogen-bond acceptors (Lipinski definition) is 3. The molecule has 0 fully saturated rings. The van der Waals surface area contributed by atoms with Gasteiger partial charge in [-0.05, 0) is 61.9 Å². The molecule has 182 valence electrons. The zero-order valence-electron chi connectivity index (χ0n) is 21.4. The highest BCUT2D eigenvalue weighted by molar-refractivity contribution is 5.79. The number of aromatic nitrogens is 2. The summed E-state index contributed by atoms with van der Waals surface area (Å²) in [5.41, 5.74) is 2.56. The van der Waals surface area contributed by atoms with Crippen LogP contribution in [0.25, 0.3) is 16.6 Å². The van der Waals surface area contributed by atoms with Crippen LogP contribution in [0.2, 0.25) is 0 Å². The van der Waals surface area contributed by atoms with Crippen LogP contribution in [-0.4, -0.2) is 26.9 Å². The van der Waals surface area contributed by atoms with E-state index in [4.69, 9.17) is 4.98 Å². The van der Waals surface area contributed by atoms with E-state index >= 15 is 0 Å². The van der Waals surface area contributed by atoms with Crippen molar-refractivity contribution < 1.29 is 4.79 Å². The highest BCUT2D eigenvalue weighted by Gasteiger charge is 2.26. The Labute approximate surface area is 203 Å². The highest BCUT2D eigenvalue weighted by atomic mass is 16.2. The summed E-state index contributed by atoms with van der Waals surface area (Å²) in [6.07, 6.45) is 5.38. The summed E-state index contributed by atoms with van der Waals surface area (Å²) in [4.78, 5) is 33.9. The lowest BCUT2D eigenvalue weighted by molar-refractivity contribution is -0.133. The Balaban J connectivity index is 2.13. The minimum absolute atomic E-state index is 0.0982. The molecule has 34 heavy (non-hydrogen) atoms. The third-order valence-corrected chi connectivity index (χ3v) is 6.51. The molecule has 0 saturated heterocycles. The van der Waals surface area contributed by atoms with Crippen molar-refractivity contribution in [1.82, 2.24) is 14.5 Å². The minimum atomic E-state index is -0.323. The summed E-state index contributed by atoms with van der Waals surface area (Å²) in [6.45, 7) is 11.3. The Kier molecular flexibility index (Phi) is 9.03. The zero-order valence-corrected chi connectivity index (χ0v) is 21.4. The van der Waals surface area contributed by atoms with E-state index in [-0.39, 0.29) is 17.5 Å². The normalized spacial score (nSPS) is 12.3. The number of nitrogens with zero attached hydrogens (tertiary/aromatic N) is 3. The Morgan fingerprint density at radius 3 is 2.35 bits per heavy atom.